The van der Waals surface area contributed by atoms with Gasteiger partial charge in [-0.1, -0.05) is 43.2 Å². The molecule has 18 heavy (non-hydrogen) atoms. The van der Waals surface area contributed by atoms with Crippen LogP contribution in [0.1, 0.15) is 31.2 Å². The Morgan fingerprint density at radius 1 is 1.00 bits per heavy atom. The third-order valence-electron chi connectivity index (χ3n) is 3.51. The number of likely N-dealkylation sites (tertiary alicyclic amines) is 1. The van der Waals surface area contributed by atoms with Crippen LogP contribution in [0.3, 0.4) is 0 Å². The zero-order valence-electron chi connectivity index (χ0n) is 10.4. The number of hydrogen-bond acceptors (Lipinski definition) is 3. The van der Waals surface area contributed by atoms with Gasteiger partial charge in [0, 0.05) is 6.54 Å². The van der Waals surface area contributed by atoms with Crippen molar-refractivity contribution >= 4 is 0 Å². The molecule has 0 aliphatic carbocycles. The van der Waals surface area contributed by atoms with Gasteiger partial charge in [0.05, 0.1) is 24.2 Å². The second-order valence-corrected chi connectivity index (χ2v) is 4.73. The summed E-state index contributed by atoms with van der Waals surface area (Å²) >= 11 is 0. The Labute approximate surface area is 108 Å². The number of hydrogen-bond donors (Lipinski definition) is 0. The molecule has 0 radical (unpaired) electrons. The third-order valence-corrected chi connectivity index (χ3v) is 3.51. The number of nitrogens with zero attached hydrogens (tertiary/aromatic N) is 3. The van der Waals surface area contributed by atoms with Crippen LogP contribution in [0.2, 0.25) is 0 Å². The van der Waals surface area contributed by atoms with Crippen LogP contribution in [0.25, 0.3) is 0 Å². The first kappa shape index (κ1) is 12.6. The van der Waals surface area contributed by atoms with Crippen LogP contribution in [0.15, 0.2) is 30.3 Å². The highest BCUT2D eigenvalue weighted by Crippen LogP contribution is 2.23. The Morgan fingerprint density at radius 3 is 2.06 bits per heavy atom. The number of rotatable bonds is 2. The van der Waals surface area contributed by atoms with E-state index in [0.717, 1.165) is 25.7 Å². The fraction of sp³-hybridized carbons (Fsp3) is 0.467. The molecule has 1 aliphatic rings. The maximum atomic E-state index is 9.28. The van der Waals surface area contributed by atoms with Crippen molar-refractivity contribution in [2.24, 2.45) is 0 Å². The lowest BCUT2D eigenvalue weighted by Crippen LogP contribution is -2.40. The molecular weight excluding hydrogens is 222 g/mol. The Morgan fingerprint density at radius 2 is 1.56 bits per heavy atom. The molecule has 2 atom stereocenters. The number of benzene rings is 1. The smallest absolute Gasteiger partial charge is 0.0991 e. The fourth-order valence-electron chi connectivity index (χ4n) is 2.52. The Bertz CT molecular complexity index is 431. The van der Waals surface area contributed by atoms with E-state index in [1.54, 1.807) is 0 Å². The summed E-state index contributed by atoms with van der Waals surface area (Å²) in [7, 11) is 0. The topological polar surface area (TPSA) is 50.8 Å². The molecule has 1 aromatic rings. The lowest BCUT2D eigenvalue weighted by molar-refractivity contribution is 0.190. The van der Waals surface area contributed by atoms with Gasteiger partial charge in [-0.15, -0.1) is 0 Å². The molecule has 0 amide bonds. The molecule has 0 N–H and O–H groups in total. The minimum atomic E-state index is -0.127. The molecule has 92 valence electrons. The zero-order valence-corrected chi connectivity index (χ0v) is 10.4. The van der Waals surface area contributed by atoms with Crippen molar-refractivity contribution in [3.8, 4) is 12.1 Å². The van der Waals surface area contributed by atoms with Crippen molar-refractivity contribution in [1.29, 1.82) is 10.5 Å². The molecule has 0 bridgehead atoms. The molecule has 2 rings (SSSR count). The average Bonchev–Trinajstić information content (AvgIpc) is 2.62. The number of nitriles is 2. The van der Waals surface area contributed by atoms with Crippen LogP contribution in [0, 0.1) is 22.7 Å². The van der Waals surface area contributed by atoms with Gasteiger partial charge in [0.2, 0.25) is 0 Å². The van der Waals surface area contributed by atoms with Crippen LogP contribution in [0.4, 0.5) is 0 Å². The largest absolute Gasteiger partial charge is 0.268 e. The van der Waals surface area contributed by atoms with E-state index in [9.17, 15) is 10.5 Å². The minimum absolute atomic E-state index is 0.127. The SMILES string of the molecule is N#CC1CCCCC(C#N)N1Cc1ccccc1. The van der Waals surface area contributed by atoms with Crippen molar-refractivity contribution in [2.75, 3.05) is 0 Å². The van der Waals surface area contributed by atoms with E-state index in [2.05, 4.69) is 17.0 Å². The Hall–Kier alpha value is -1.84. The quantitative estimate of drug-likeness (QED) is 0.797. The summed E-state index contributed by atoms with van der Waals surface area (Å²) in [5, 5.41) is 18.6. The molecular formula is C15H17N3. The van der Waals surface area contributed by atoms with Crippen molar-refractivity contribution < 1.29 is 0 Å². The van der Waals surface area contributed by atoms with Crippen molar-refractivity contribution in [1.82, 2.24) is 4.90 Å². The molecule has 1 fully saturated rings. The Balaban J connectivity index is 2.19. The second-order valence-electron chi connectivity index (χ2n) is 4.73. The first-order valence-electron chi connectivity index (χ1n) is 6.44. The monoisotopic (exact) mass is 239 g/mol. The van der Waals surface area contributed by atoms with Gasteiger partial charge in [0.25, 0.3) is 0 Å². The summed E-state index contributed by atoms with van der Waals surface area (Å²) in [6.45, 7) is 0.692. The van der Waals surface area contributed by atoms with E-state index >= 15 is 0 Å². The van der Waals surface area contributed by atoms with E-state index in [-0.39, 0.29) is 12.1 Å². The van der Waals surface area contributed by atoms with Gasteiger partial charge >= 0.3 is 0 Å². The minimum Gasteiger partial charge on any atom is -0.268 e. The van der Waals surface area contributed by atoms with Crippen LogP contribution >= 0.6 is 0 Å². The van der Waals surface area contributed by atoms with Crippen LogP contribution in [0.5, 0.6) is 0 Å². The van der Waals surface area contributed by atoms with Crippen molar-refractivity contribution in [3.05, 3.63) is 35.9 Å². The maximum Gasteiger partial charge on any atom is 0.0991 e. The van der Waals surface area contributed by atoms with Gasteiger partial charge in [-0.05, 0) is 18.4 Å². The van der Waals surface area contributed by atoms with Crippen molar-refractivity contribution in [2.45, 2.75) is 44.3 Å². The molecule has 1 aliphatic heterocycles. The van der Waals surface area contributed by atoms with Crippen LogP contribution < -0.4 is 0 Å². The fourth-order valence-corrected chi connectivity index (χ4v) is 2.52. The highest BCUT2D eigenvalue weighted by molar-refractivity contribution is 5.16. The predicted octanol–water partition coefficient (Wildman–Crippen LogP) is 2.85. The summed E-state index contributed by atoms with van der Waals surface area (Å²) in [5.41, 5.74) is 1.17. The summed E-state index contributed by atoms with van der Waals surface area (Å²) in [4.78, 5) is 2.06. The second kappa shape index (κ2) is 6.19. The van der Waals surface area contributed by atoms with Gasteiger partial charge < -0.3 is 0 Å². The van der Waals surface area contributed by atoms with E-state index in [1.807, 2.05) is 30.3 Å². The Kier molecular flexibility index (Phi) is 4.34. The summed E-state index contributed by atoms with van der Waals surface area (Å²) < 4.78 is 0. The first-order chi connectivity index (χ1) is 8.85. The lowest BCUT2D eigenvalue weighted by Gasteiger charge is -2.28. The van der Waals surface area contributed by atoms with Gasteiger partial charge in [0.15, 0.2) is 0 Å². The van der Waals surface area contributed by atoms with E-state index in [0.29, 0.717) is 6.54 Å². The third kappa shape index (κ3) is 2.88. The highest BCUT2D eigenvalue weighted by Gasteiger charge is 2.28. The first-order valence-corrected chi connectivity index (χ1v) is 6.44. The van der Waals surface area contributed by atoms with Gasteiger partial charge in [-0.25, -0.2) is 0 Å². The molecule has 0 spiro atoms. The summed E-state index contributed by atoms with van der Waals surface area (Å²) in [6.07, 6.45) is 3.84. The van der Waals surface area contributed by atoms with Gasteiger partial charge in [0.1, 0.15) is 0 Å². The molecule has 1 saturated heterocycles. The highest BCUT2D eigenvalue weighted by atomic mass is 15.2. The summed E-state index contributed by atoms with van der Waals surface area (Å²) in [5.74, 6) is 0. The molecule has 3 heteroatoms. The molecule has 1 aromatic carbocycles. The molecule has 1 heterocycles. The maximum absolute atomic E-state index is 9.28. The predicted molar refractivity (Wildman–Crippen MR) is 69.3 cm³/mol. The van der Waals surface area contributed by atoms with E-state index < -0.39 is 0 Å². The normalized spacial score (nSPS) is 24.8. The van der Waals surface area contributed by atoms with Crippen LogP contribution in [-0.4, -0.2) is 17.0 Å². The molecule has 0 saturated carbocycles. The summed E-state index contributed by atoms with van der Waals surface area (Å²) in [6, 6.07) is 14.5. The lowest BCUT2D eigenvalue weighted by atomic mass is 10.1. The zero-order chi connectivity index (χ0) is 12.8. The standard InChI is InChI=1S/C15H17N3/c16-10-14-8-4-5-9-15(11-17)18(14)12-13-6-2-1-3-7-13/h1-3,6-7,14-15H,4-5,8-9,12H2. The van der Waals surface area contributed by atoms with Gasteiger partial charge in [-0.3, -0.25) is 4.90 Å². The van der Waals surface area contributed by atoms with Gasteiger partial charge in [-0.2, -0.15) is 10.5 Å². The van der Waals surface area contributed by atoms with E-state index in [4.69, 9.17) is 0 Å². The molecule has 2 unspecified atom stereocenters. The van der Waals surface area contributed by atoms with E-state index in [1.165, 1.54) is 5.56 Å². The average molecular weight is 239 g/mol. The molecule has 3 nitrogen and oxygen atoms in total. The van der Waals surface area contributed by atoms with Crippen LogP contribution in [-0.2, 0) is 6.54 Å². The molecule has 0 aromatic heterocycles. The van der Waals surface area contributed by atoms with Crippen molar-refractivity contribution in [3.63, 3.8) is 0 Å².